The Kier molecular flexibility index (Phi) is 3.61. The summed E-state index contributed by atoms with van der Waals surface area (Å²) >= 11 is 0. The van der Waals surface area contributed by atoms with Gasteiger partial charge in [0.25, 0.3) is 5.91 Å². The van der Waals surface area contributed by atoms with Gasteiger partial charge in [-0.25, -0.2) is 8.42 Å². The molecule has 0 radical (unpaired) electrons. The highest BCUT2D eigenvalue weighted by atomic mass is 32.2. The number of hydrogen-bond donors (Lipinski definition) is 4. The smallest absolute Gasteiger partial charge is 0.273 e. The maximum atomic E-state index is 11.8. The van der Waals surface area contributed by atoms with Gasteiger partial charge in [0.15, 0.2) is 0 Å². The molecule has 0 aliphatic rings. The molecule has 0 saturated heterocycles. The summed E-state index contributed by atoms with van der Waals surface area (Å²) in [6.45, 7) is 0. The van der Waals surface area contributed by atoms with Crippen LogP contribution in [0.15, 0.2) is 30.3 Å². The van der Waals surface area contributed by atoms with Crippen LogP contribution in [0.1, 0.15) is 10.5 Å². The lowest BCUT2D eigenvalue weighted by molar-refractivity contribution is 0.102. The zero-order chi connectivity index (χ0) is 14.8. The van der Waals surface area contributed by atoms with Gasteiger partial charge in [0, 0.05) is 17.4 Å². The van der Waals surface area contributed by atoms with Gasteiger partial charge >= 0.3 is 0 Å². The Morgan fingerprint density at radius 2 is 1.85 bits per heavy atom. The van der Waals surface area contributed by atoms with E-state index in [4.69, 9.17) is 5.73 Å². The van der Waals surface area contributed by atoms with Crippen LogP contribution in [0.25, 0.3) is 0 Å². The number of aromatic amines is 1. The molecule has 106 valence electrons. The van der Waals surface area contributed by atoms with Gasteiger partial charge in [-0.2, -0.15) is 5.10 Å². The third-order valence-corrected chi connectivity index (χ3v) is 2.89. The molecule has 8 nitrogen and oxygen atoms in total. The summed E-state index contributed by atoms with van der Waals surface area (Å²) < 4.78 is 24.4. The maximum Gasteiger partial charge on any atom is 0.273 e. The number of hydrogen-bond acceptors (Lipinski definition) is 5. The fourth-order valence-corrected chi connectivity index (χ4v) is 2.05. The molecular formula is C11H13N5O3S. The molecule has 1 amide bonds. The second-order valence-electron chi connectivity index (χ2n) is 4.11. The van der Waals surface area contributed by atoms with Crippen molar-refractivity contribution in [3.63, 3.8) is 0 Å². The minimum atomic E-state index is -3.32. The molecule has 1 aromatic heterocycles. The summed E-state index contributed by atoms with van der Waals surface area (Å²) in [6.07, 6.45) is 1.06. The molecular weight excluding hydrogens is 282 g/mol. The van der Waals surface area contributed by atoms with Crippen LogP contribution in [-0.4, -0.2) is 30.8 Å². The highest BCUT2D eigenvalue weighted by Crippen LogP contribution is 2.15. The van der Waals surface area contributed by atoms with Crippen molar-refractivity contribution in [1.29, 1.82) is 0 Å². The van der Waals surface area contributed by atoms with E-state index in [1.807, 2.05) is 0 Å². The number of sulfonamides is 1. The van der Waals surface area contributed by atoms with E-state index in [1.54, 1.807) is 12.1 Å². The first-order chi connectivity index (χ1) is 9.33. The molecule has 1 heterocycles. The Morgan fingerprint density at radius 1 is 1.25 bits per heavy atom. The molecule has 0 aliphatic carbocycles. The number of amides is 1. The monoisotopic (exact) mass is 295 g/mol. The second-order valence-corrected chi connectivity index (χ2v) is 5.86. The molecule has 0 spiro atoms. The number of carbonyl (C=O) groups excluding carboxylic acids is 1. The molecule has 0 saturated carbocycles. The molecule has 20 heavy (non-hydrogen) atoms. The van der Waals surface area contributed by atoms with E-state index in [1.165, 1.54) is 18.2 Å². The Labute approximate surface area is 115 Å². The van der Waals surface area contributed by atoms with E-state index in [0.29, 0.717) is 11.4 Å². The Balaban J connectivity index is 2.06. The van der Waals surface area contributed by atoms with Crippen LogP contribution in [0.5, 0.6) is 0 Å². The van der Waals surface area contributed by atoms with E-state index < -0.39 is 15.9 Å². The fraction of sp³-hybridized carbons (Fsp3) is 0.0909. The molecule has 0 unspecified atom stereocenters. The summed E-state index contributed by atoms with van der Waals surface area (Å²) in [5.74, 6) is -0.166. The molecule has 2 aromatic rings. The first kappa shape index (κ1) is 13.9. The quantitative estimate of drug-likeness (QED) is 0.656. The topological polar surface area (TPSA) is 130 Å². The summed E-state index contributed by atoms with van der Waals surface area (Å²) in [4.78, 5) is 11.8. The molecule has 0 bridgehead atoms. The van der Waals surface area contributed by atoms with Gasteiger partial charge in [0.1, 0.15) is 11.5 Å². The van der Waals surface area contributed by atoms with Crippen LogP contribution in [0.3, 0.4) is 0 Å². The lowest BCUT2D eigenvalue weighted by Crippen LogP contribution is -2.13. The number of nitrogens with zero attached hydrogens (tertiary/aromatic N) is 1. The Morgan fingerprint density at radius 3 is 2.35 bits per heavy atom. The third kappa shape index (κ3) is 3.72. The molecule has 0 aliphatic heterocycles. The van der Waals surface area contributed by atoms with E-state index in [2.05, 4.69) is 20.2 Å². The number of anilines is 3. The lowest BCUT2D eigenvalue weighted by atomic mass is 10.3. The maximum absolute atomic E-state index is 11.8. The Hall–Kier alpha value is -2.55. The summed E-state index contributed by atoms with van der Waals surface area (Å²) in [7, 11) is -3.32. The van der Waals surface area contributed by atoms with Crippen LogP contribution >= 0.6 is 0 Å². The van der Waals surface area contributed by atoms with Gasteiger partial charge in [0.05, 0.1) is 6.26 Å². The predicted molar refractivity (Wildman–Crippen MR) is 75.9 cm³/mol. The van der Waals surface area contributed by atoms with E-state index in [-0.39, 0.29) is 11.5 Å². The van der Waals surface area contributed by atoms with Crippen LogP contribution in [0.2, 0.25) is 0 Å². The van der Waals surface area contributed by atoms with Gasteiger partial charge in [0.2, 0.25) is 10.0 Å². The van der Waals surface area contributed by atoms with E-state index >= 15 is 0 Å². The van der Waals surface area contributed by atoms with Gasteiger partial charge in [-0.15, -0.1) is 0 Å². The predicted octanol–water partition coefficient (Wildman–Crippen LogP) is 0.616. The normalized spacial score (nSPS) is 11.1. The zero-order valence-electron chi connectivity index (χ0n) is 10.5. The standard InChI is InChI=1S/C11H13N5O3S/c1-20(18,19)16-8-4-2-7(3-5-8)13-11(17)9-6-10(12)15-14-9/h2-6,16H,1H3,(H,13,17)(H3,12,14,15). The summed E-state index contributed by atoms with van der Waals surface area (Å²) in [5.41, 5.74) is 6.57. The van der Waals surface area contributed by atoms with Crippen LogP contribution in [0, 0.1) is 0 Å². The van der Waals surface area contributed by atoms with Gasteiger partial charge < -0.3 is 11.1 Å². The van der Waals surface area contributed by atoms with Crippen molar-refractivity contribution in [2.45, 2.75) is 0 Å². The minimum absolute atomic E-state index is 0.225. The van der Waals surface area contributed by atoms with Crippen molar-refractivity contribution in [1.82, 2.24) is 10.2 Å². The number of nitrogens with two attached hydrogens (primary N) is 1. The van der Waals surface area contributed by atoms with Gasteiger partial charge in [-0.1, -0.05) is 0 Å². The molecule has 2 rings (SSSR count). The third-order valence-electron chi connectivity index (χ3n) is 2.29. The largest absolute Gasteiger partial charge is 0.382 e. The average Bonchev–Trinajstić information content (AvgIpc) is 2.77. The molecule has 1 aromatic carbocycles. The van der Waals surface area contributed by atoms with E-state index in [9.17, 15) is 13.2 Å². The number of benzene rings is 1. The van der Waals surface area contributed by atoms with Crippen molar-refractivity contribution in [2.24, 2.45) is 0 Å². The van der Waals surface area contributed by atoms with Gasteiger partial charge in [-0.3, -0.25) is 14.6 Å². The average molecular weight is 295 g/mol. The Bertz CT molecular complexity index is 721. The highest BCUT2D eigenvalue weighted by molar-refractivity contribution is 7.92. The first-order valence-electron chi connectivity index (χ1n) is 5.53. The first-order valence-corrected chi connectivity index (χ1v) is 7.43. The van der Waals surface area contributed by atoms with Crippen LogP contribution in [-0.2, 0) is 10.0 Å². The summed E-state index contributed by atoms with van der Waals surface area (Å²) in [6, 6.07) is 7.64. The minimum Gasteiger partial charge on any atom is -0.382 e. The summed E-state index contributed by atoms with van der Waals surface area (Å²) in [5, 5.41) is 8.76. The number of H-pyrrole nitrogens is 1. The number of carbonyl (C=O) groups is 1. The molecule has 0 atom stereocenters. The van der Waals surface area contributed by atoms with Gasteiger partial charge in [-0.05, 0) is 24.3 Å². The van der Waals surface area contributed by atoms with Crippen LogP contribution < -0.4 is 15.8 Å². The van der Waals surface area contributed by atoms with Crippen molar-refractivity contribution in [3.05, 3.63) is 36.0 Å². The number of aromatic nitrogens is 2. The van der Waals surface area contributed by atoms with E-state index in [0.717, 1.165) is 6.26 Å². The van der Waals surface area contributed by atoms with Crippen molar-refractivity contribution in [2.75, 3.05) is 22.0 Å². The van der Waals surface area contributed by atoms with Crippen molar-refractivity contribution < 1.29 is 13.2 Å². The lowest BCUT2D eigenvalue weighted by Gasteiger charge is -2.06. The number of nitrogens with one attached hydrogen (secondary N) is 3. The zero-order valence-corrected chi connectivity index (χ0v) is 11.4. The molecule has 0 fully saturated rings. The van der Waals surface area contributed by atoms with Crippen molar-refractivity contribution >= 4 is 33.1 Å². The highest BCUT2D eigenvalue weighted by Gasteiger charge is 2.09. The van der Waals surface area contributed by atoms with Crippen molar-refractivity contribution in [3.8, 4) is 0 Å². The number of rotatable bonds is 4. The SMILES string of the molecule is CS(=O)(=O)Nc1ccc(NC(=O)c2cc(N)n[nH]2)cc1. The van der Waals surface area contributed by atoms with Crippen LogP contribution in [0.4, 0.5) is 17.2 Å². The number of nitrogen functional groups attached to an aromatic ring is 1. The fourth-order valence-electron chi connectivity index (χ4n) is 1.49. The molecule has 5 N–H and O–H groups in total. The molecule has 9 heteroatoms. The second kappa shape index (κ2) is 5.21.